The van der Waals surface area contributed by atoms with Crippen LogP contribution in [-0.2, 0) is 20.0 Å². The summed E-state index contributed by atoms with van der Waals surface area (Å²) in [5.41, 5.74) is 2.12. The molecule has 0 spiro atoms. The highest BCUT2D eigenvalue weighted by atomic mass is 35.5. The highest BCUT2D eigenvalue weighted by molar-refractivity contribution is 6.31. The number of aryl methyl sites for hydroxylation is 2. The van der Waals surface area contributed by atoms with E-state index in [4.69, 9.17) is 11.6 Å². The minimum Gasteiger partial charge on any atom is -0.308 e. The van der Waals surface area contributed by atoms with Crippen molar-refractivity contribution >= 4 is 11.6 Å². The van der Waals surface area contributed by atoms with Gasteiger partial charge in [0.05, 0.1) is 16.4 Å². The molecular weight excluding hydrogens is 246 g/mol. The summed E-state index contributed by atoms with van der Waals surface area (Å²) < 4.78 is 1.91. The summed E-state index contributed by atoms with van der Waals surface area (Å²) in [6.07, 6.45) is 6.24. The molecule has 2 rings (SSSR count). The van der Waals surface area contributed by atoms with E-state index in [1.165, 1.54) is 25.7 Å². The van der Waals surface area contributed by atoms with Crippen LogP contribution in [0.1, 0.15) is 50.9 Å². The third-order valence-corrected chi connectivity index (χ3v) is 4.31. The Morgan fingerprint density at radius 2 is 2.17 bits per heavy atom. The van der Waals surface area contributed by atoms with E-state index in [-0.39, 0.29) is 0 Å². The van der Waals surface area contributed by atoms with Gasteiger partial charge in [0.2, 0.25) is 0 Å². The molecule has 1 unspecified atom stereocenters. The van der Waals surface area contributed by atoms with Crippen molar-refractivity contribution < 1.29 is 0 Å². The van der Waals surface area contributed by atoms with Crippen LogP contribution in [0, 0.1) is 5.92 Å². The number of nitrogens with one attached hydrogen (secondary N) is 1. The zero-order chi connectivity index (χ0) is 13.1. The molecule has 1 atom stereocenters. The van der Waals surface area contributed by atoms with Gasteiger partial charge in [-0.05, 0) is 25.2 Å². The molecule has 1 aromatic heterocycles. The lowest BCUT2D eigenvalue weighted by Crippen LogP contribution is -2.29. The molecule has 1 aromatic rings. The number of hydrogen-bond donors (Lipinski definition) is 1. The Labute approximate surface area is 115 Å². The van der Waals surface area contributed by atoms with Crippen LogP contribution in [0.15, 0.2) is 0 Å². The van der Waals surface area contributed by atoms with Crippen molar-refractivity contribution in [1.29, 1.82) is 0 Å². The lowest BCUT2D eigenvalue weighted by atomic mass is 10.1. The summed E-state index contributed by atoms with van der Waals surface area (Å²) >= 11 is 6.35. The quantitative estimate of drug-likeness (QED) is 0.823. The summed E-state index contributed by atoms with van der Waals surface area (Å²) in [6.45, 7) is 5.17. The third-order valence-electron chi connectivity index (χ3n) is 3.87. The lowest BCUT2D eigenvalue weighted by molar-refractivity contribution is 0.437. The van der Waals surface area contributed by atoms with Crippen LogP contribution in [0.3, 0.4) is 0 Å². The van der Waals surface area contributed by atoms with Crippen molar-refractivity contribution in [2.24, 2.45) is 13.0 Å². The van der Waals surface area contributed by atoms with Crippen molar-refractivity contribution in [3.8, 4) is 0 Å². The van der Waals surface area contributed by atoms with Crippen LogP contribution in [0.5, 0.6) is 0 Å². The van der Waals surface area contributed by atoms with E-state index in [2.05, 4.69) is 24.3 Å². The maximum atomic E-state index is 6.35. The molecule has 1 N–H and O–H groups in total. The number of halogens is 1. The van der Waals surface area contributed by atoms with Gasteiger partial charge in [0.25, 0.3) is 0 Å². The normalized spacial score (nSPS) is 17.1. The van der Waals surface area contributed by atoms with E-state index in [0.29, 0.717) is 6.04 Å². The molecule has 102 valence electrons. The SMILES string of the molecule is CCc1nn(C)c(CNC(CC)CC2CC2)c1Cl. The maximum absolute atomic E-state index is 6.35. The largest absolute Gasteiger partial charge is 0.308 e. The molecule has 1 fully saturated rings. The van der Waals surface area contributed by atoms with E-state index in [9.17, 15) is 0 Å². The average Bonchev–Trinajstić information content (AvgIpc) is 3.13. The zero-order valence-electron chi connectivity index (χ0n) is 11.7. The fraction of sp³-hybridized carbons (Fsp3) is 0.786. The van der Waals surface area contributed by atoms with Crippen LogP contribution in [0.25, 0.3) is 0 Å². The molecule has 1 aliphatic rings. The van der Waals surface area contributed by atoms with Gasteiger partial charge >= 0.3 is 0 Å². The summed E-state index contributed by atoms with van der Waals surface area (Å²) in [5.74, 6) is 0.968. The van der Waals surface area contributed by atoms with Gasteiger partial charge in [-0.25, -0.2) is 0 Å². The molecule has 3 nitrogen and oxygen atoms in total. The van der Waals surface area contributed by atoms with Crippen molar-refractivity contribution in [2.45, 2.75) is 58.5 Å². The second kappa shape index (κ2) is 6.07. The van der Waals surface area contributed by atoms with Gasteiger partial charge in [0.15, 0.2) is 0 Å². The van der Waals surface area contributed by atoms with Crippen LogP contribution >= 0.6 is 11.6 Å². The highest BCUT2D eigenvalue weighted by Crippen LogP contribution is 2.34. The lowest BCUT2D eigenvalue weighted by Gasteiger charge is -2.16. The molecule has 0 aromatic carbocycles. The van der Waals surface area contributed by atoms with Gasteiger partial charge in [-0.2, -0.15) is 5.10 Å². The standard InChI is InChI=1S/C14H24ClN3/c1-4-11(8-10-6-7-10)16-9-13-14(15)12(5-2)17-18(13)3/h10-11,16H,4-9H2,1-3H3. The summed E-state index contributed by atoms with van der Waals surface area (Å²) in [6, 6.07) is 0.619. The Bertz CT molecular complexity index is 396. The molecule has 1 saturated carbocycles. The van der Waals surface area contributed by atoms with Gasteiger partial charge in [-0.1, -0.05) is 38.3 Å². The second-order valence-electron chi connectivity index (χ2n) is 5.35. The highest BCUT2D eigenvalue weighted by Gasteiger charge is 2.24. The van der Waals surface area contributed by atoms with Crippen molar-refractivity contribution in [2.75, 3.05) is 0 Å². The summed E-state index contributed by atoms with van der Waals surface area (Å²) in [5, 5.41) is 8.92. The first-order valence-corrected chi connectivity index (χ1v) is 7.47. The smallest absolute Gasteiger partial charge is 0.0863 e. The molecular formula is C14H24ClN3. The van der Waals surface area contributed by atoms with Crippen LogP contribution < -0.4 is 5.32 Å². The predicted molar refractivity (Wildman–Crippen MR) is 75.9 cm³/mol. The number of aromatic nitrogens is 2. The molecule has 0 bridgehead atoms. The van der Waals surface area contributed by atoms with E-state index in [1.54, 1.807) is 0 Å². The van der Waals surface area contributed by atoms with E-state index in [1.807, 2.05) is 11.7 Å². The van der Waals surface area contributed by atoms with Crippen molar-refractivity contribution in [1.82, 2.24) is 15.1 Å². The van der Waals surface area contributed by atoms with E-state index < -0.39 is 0 Å². The maximum Gasteiger partial charge on any atom is 0.0863 e. The third kappa shape index (κ3) is 3.27. The van der Waals surface area contributed by atoms with Crippen molar-refractivity contribution in [3.63, 3.8) is 0 Å². The molecule has 0 amide bonds. The van der Waals surface area contributed by atoms with Gasteiger partial charge < -0.3 is 5.32 Å². The van der Waals surface area contributed by atoms with Crippen LogP contribution in [0.2, 0.25) is 5.02 Å². The molecule has 4 heteroatoms. The monoisotopic (exact) mass is 269 g/mol. The molecule has 1 aliphatic carbocycles. The number of nitrogens with zero attached hydrogens (tertiary/aromatic N) is 2. The number of rotatable bonds is 7. The minimum atomic E-state index is 0.619. The van der Waals surface area contributed by atoms with Gasteiger partial charge in [0, 0.05) is 19.6 Å². The Balaban J connectivity index is 1.93. The van der Waals surface area contributed by atoms with Crippen molar-refractivity contribution in [3.05, 3.63) is 16.4 Å². The van der Waals surface area contributed by atoms with Gasteiger partial charge in [-0.3, -0.25) is 4.68 Å². The summed E-state index contributed by atoms with van der Waals surface area (Å²) in [7, 11) is 1.98. The fourth-order valence-corrected chi connectivity index (χ4v) is 2.76. The topological polar surface area (TPSA) is 29.9 Å². The van der Waals surface area contributed by atoms with Crippen LogP contribution in [-0.4, -0.2) is 15.8 Å². The first kappa shape index (κ1) is 13.9. The molecule has 0 saturated heterocycles. The second-order valence-corrected chi connectivity index (χ2v) is 5.73. The predicted octanol–water partition coefficient (Wildman–Crippen LogP) is 3.30. The Kier molecular flexibility index (Phi) is 4.68. The minimum absolute atomic E-state index is 0.619. The molecule has 18 heavy (non-hydrogen) atoms. The molecule has 0 radical (unpaired) electrons. The average molecular weight is 270 g/mol. The summed E-state index contributed by atoms with van der Waals surface area (Å²) in [4.78, 5) is 0. The Morgan fingerprint density at radius 1 is 1.44 bits per heavy atom. The Hall–Kier alpha value is -0.540. The van der Waals surface area contributed by atoms with Crippen LogP contribution in [0.4, 0.5) is 0 Å². The molecule has 1 heterocycles. The first-order valence-electron chi connectivity index (χ1n) is 7.09. The van der Waals surface area contributed by atoms with Gasteiger partial charge in [-0.15, -0.1) is 0 Å². The first-order chi connectivity index (χ1) is 8.65. The van der Waals surface area contributed by atoms with Gasteiger partial charge in [0.1, 0.15) is 0 Å². The number of hydrogen-bond acceptors (Lipinski definition) is 2. The fourth-order valence-electron chi connectivity index (χ4n) is 2.40. The Morgan fingerprint density at radius 3 is 2.67 bits per heavy atom. The van der Waals surface area contributed by atoms with E-state index in [0.717, 1.165) is 35.3 Å². The molecule has 0 aliphatic heterocycles. The van der Waals surface area contributed by atoms with E-state index >= 15 is 0 Å². The zero-order valence-corrected chi connectivity index (χ0v) is 12.4.